The van der Waals surface area contributed by atoms with Crippen LogP contribution in [-0.2, 0) is 0 Å². The van der Waals surface area contributed by atoms with Crippen LogP contribution in [0.15, 0.2) is 30.3 Å². The molecule has 2 heteroatoms. The highest BCUT2D eigenvalue weighted by atomic mass is 32.2. The first kappa shape index (κ1) is 14.6. The Hall–Kier alpha value is -0.470. The Morgan fingerprint density at radius 3 is 2.53 bits per heavy atom. The van der Waals surface area contributed by atoms with Crippen molar-refractivity contribution in [2.24, 2.45) is 0 Å². The number of hydrogen-bond acceptors (Lipinski definition) is 2. The largest absolute Gasteiger partial charge is 0.310 e. The first-order valence-corrected chi connectivity index (χ1v) is 7.90. The summed E-state index contributed by atoms with van der Waals surface area (Å²) < 4.78 is 0. The van der Waals surface area contributed by atoms with E-state index in [9.17, 15) is 0 Å². The van der Waals surface area contributed by atoms with Crippen molar-refractivity contribution >= 4 is 11.8 Å². The van der Waals surface area contributed by atoms with Crippen LogP contribution < -0.4 is 5.32 Å². The second-order valence-electron chi connectivity index (χ2n) is 4.30. The Bertz CT molecular complexity index is 274. The van der Waals surface area contributed by atoms with Gasteiger partial charge in [0.15, 0.2) is 0 Å². The fraction of sp³-hybridized carbons (Fsp3) is 0.600. The lowest BCUT2D eigenvalue weighted by molar-refractivity contribution is 0.605. The van der Waals surface area contributed by atoms with Gasteiger partial charge in [0.2, 0.25) is 0 Å². The SMILES string of the molecule is CCCCCSCC(NCC)c1ccccc1. The van der Waals surface area contributed by atoms with Gasteiger partial charge >= 0.3 is 0 Å². The van der Waals surface area contributed by atoms with Crippen LogP contribution in [0.4, 0.5) is 0 Å². The smallest absolute Gasteiger partial charge is 0.0411 e. The van der Waals surface area contributed by atoms with Gasteiger partial charge in [-0.05, 0) is 24.3 Å². The molecule has 1 aromatic carbocycles. The summed E-state index contributed by atoms with van der Waals surface area (Å²) in [6, 6.07) is 11.3. The molecule has 1 atom stereocenters. The van der Waals surface area contributed by atoms with E-state index < -0.39 is 0 Å². The molecule has 0 radical (unpaired) electrons. The van der Waals surface area contributed by atoms with Crippen molar-refractivity contribution in [3.63, 3.8) is 0 Å². The maximum atomic E-state index is 3.57. The zero-order valence-electron chi connectivity index (χ0n) is 11.1. The molecular formula is C15H25NS. The quantitative estimate of drug-likeness (QED) is 0.658. The molecule has 0 heterocycles. The van der Waals surface area contributed by atoms with Crippen molar-refractivity contribution < 1.29 is 0 Å². The summed E-state index contributed by atoms with van der Waals surface area (Å²) in [6.45, 7) is 5.48. The van der Waals surface area contributed by atoms with Crippen LogP contribution in [0.1, 0.15) is 44.7 Å². The summed E-state index contributed by atoms with van der Waals surface area (Å²) in [5, 5.41) is 3.57. The molecule has 0 amide bonds. The molecule has 17 heavy (non-hydrogen) atoms. The summed E-state index contributed by atoms with van der Waals surface area (Å²) in [4.78, 5) is 0. The molecule has 1 rings (SSSR count). The summed E-state index contributed by atoms with van der Waals surface area (Å²) in [7, 11) is 0. The fourth-order valence-corrected chi connectivity index (χ4v) is 2.98. The lowest BCUT2D eigenvalue weighted by Gasteiger charge is -2.17. The van der Waals surface area contributed by atoms with Gasteiger partial charge in [-0.25, -0.2) is 0 Å². The van der Waals surface area contributed by atoms with Crippen molar-refractivity contribution in [1.29, 1.82) is 0 Å². The van der Waals surface area contributed by atoms with Crippen LogP contribution in [-0.4, -0.2) is 18.1 Å². The van der Waals surface area contributed by atoms with Crippen LogP contribution >= 0.6 is 11.8 Å². The van der Waals surface area contributed by atoms with E-state index in [0.717, 1.165) is 6.54 Å². The molecule has 1 nitrogen and oxygen atoms in total. The predicted molar refractivity (Wildman–Crippen MR) is 79.7 cm³/mol. The van der Waals surface area contributed by atoms with E-state index in [0.29, 0.717) is 6.04 Å². The van der Waals surface area contributed by atoms with Gasteiger partial charge < -0.3 is 5.32 Å². The zero-order chi connectivity index (χ0) is 12.3. The molecule has 0 saturated heterocycles. The van der Waals surface area contributed by atoms with Gasteiger partial charge in [0.05, 0.1) is 0 Å². The van der Waals surface area contributed by atoms with E-state index in [1.165, 1.54) is 36.3 Å². The monoisotopic (exact) mass is 251 g/mol. The minimum Gasteiger partial charge on any atom is -0.310 e. The van der Waals surface area contributed by atoms with Crippen LogP contribution in [0.3, 0.4) is 0 Å². The van der Waals surface area contributed by atoms with Crippen LogP contribution in [0.25, 0.3) is 0 Å². The number of unbranched alkanes of at least 4 members (excludes halogenated alkanes) is 2. The number of hydrogen-bond donors (Lipinski definition) is 1. The van der Waals surface area contributed by atoms with E-state index in [1.54, 1.807) is 0 Å². The molecule has 0 aromatic heterocycles. The molecule has 0 saturated carbocycles. The van der Waals surface area contributed by atoms with Gasteiger partial charge in [0.1, 0.15) is 0 Å². The van der Waals surface area contributed by atoms with Gasteiger partial charge in [-0.3, -0.25) is 0 Å². The normalized spacial score (nSPS) is 12.6. The molecule has 1 aromatic rings. The average Bonchev–Trinajstić information content (AvgIpc) is 2.38. The van der Waals surface area contributed by atoms with Crippen molar-refractivity contribution in [2.75, 3.05) is 18.1 Å². The Morgan fingerprint density at radius 1 is 1.12 bits per heavy atom. The number of benzene rings is 1. The van der Waals surface area contributed by atoms with Crippen LogP contribution in [0, 0.1) is 0 Å². The number of nitrogens with one attached hydrogen (secondary N) is 1. The third-order valence-corrected chi connectivity index (χ3v) is 3.98. The number of rotatable bonds is 9. The van der Waals surface area contributed by atoms with E-state index in [-0.39, 0.29) is 0 Å². The van der Waals surface area contributed by atoms with Crippen LogP contribution in [0.2, 0.25) is 0 Å². The van der Waals surface area contributed by atoms with Gasteiger partial charge in [0, 0.05) is 11.8 Å². The minimum atomic E-state index is 0.507. The minimum absolute atomic E-state index is 0.507. The third kappa shape index (κ3) is 6.13. The molecule has 0 spiro atoms. The molecule has 0 fully saturated rings. The van der Waals surface area contributed by atoms with Crippen molar-refractivity contribution in [1.82, 2.24) is 5.32 Å². The number of thioether (sulfide) groups is 1. The highest BCUT2D eigenvalue weighted by Crippen LogP contribution is 2.19. The highest BCUT2D eigenvalue weighted by molar-refractivity contribution is 7.99. The first-order chi connectivity index (χ1) is 8.38. The van der Waals surface area contributed by atoms with Crippen molar-refractivity contribution in [3.05, 3.63) is 35.9 Å². The van der Waals surface area contributed by atoms with E-state index in [1.807, 2.05) is 0 Å². The third-order valence-electron chi connectivity index (χ3n) is 2.83. The maximum Gasteiger partial charge on any atom is 0.0411 e. The predicted octanol–water partition coefficient (Wildman–Crippen LogP) is 4.26. The first-order valence-electron chi connectivity index (χ1n) is 6.74. The highest BCUT2D eigenvalue weighted by Gasteiger charge is 2.08. The van der Waals surface area contributed by atoms with Gasteiger partial charge in [-0.1, -0.05) is 57.0 Å². The van der Waals surface area contributed by atoms with E-state index in [2.05, 4.69) is 61.3 Å². The summed E-state index contributed by atoms with van der Waals surface area (Å²) >= 11 is 2.07. The second-order valence-corrected chi connectivity index (χ2v) is 5.45. The van der Waals surface area contributed by atoms with Gasteiger partial charge in [0.25, 0.3) is 0 Å². The Morgan fingerprint density at radius 2 is 1.88 bits per heavy atom. The zero-order valence-corrected chi connectivity index (χ0v) is 11.9. The molecule has 0 aliphatic carbocycles. The van der Waals surface area contributed by atoms with E-state index >= 15 is 0 Å². The molecule has 1 N–H and O–H groups in total. The molecule has 0 aliphatic heterocycles. The van der Waals surface area contributed by atoms with Gasteiger partial charge in [-0.15, -0.1) is 0 Å². The second kappa shape index (κ2) is 9.55. The van der Waals surface area contributed by atoms with E-state index in [4.69, 9.17) is 0 Å². The Balaban J connectivity index is 2.33. The topological polar surface area (TPSA) is 12.0 Å². The molecule has 0 aliphatic rings. The van der Waals surface area contributed by atoms with Gasteiger partial charge in [-0.2, -0.15) is 11.8 Å². The summed E-state index contributed by atoms with van der Waals surface area (Å²) in [5.41, 5.74) is 1.41. The molecule has 0 bridgehead atoms. The molecule has 1 unspecified atom stereocenters. The maximum absolute atomic E-state index is 3.57. The summed E-state index contributed by atoms with van der Waals surface area (Å²) in [6.07, 6.45) is 4.04. The van der Waals surface area contributed by atoms with Crippen molar-refractivity contribution in [3.8, 4) is 0 Å². The average molecular weight is 251 g/mol. The fourth-order valence-electron chi connectivity index (χ4n) is 1.86. The van der Waals surface area contributed by atoms with Crippen molar-refractivity contribution in [2.45, 2.75) is 39.2 Å². The lowest BCUT2D eigenvalue weighted by atomic mass is 10.1. The Kier molecular flexibility index (Phi) is 8.20. The summed E-state index contributed by atoms with van der Waals surface area (Å²) in [5.74, 6) is 2.48. The lowest BCUT2D eigenvalue weighted by Crippen LogP contribution is -2.23. The molecule has 96 valence electrons. The molecular weight excluding hydrogens is 226 g/mol. The van der Waals surface area contributed by atoms with Crippen LogP contribution in [0.5, 0.6) is 0 Å². The Labute approximate surface area is 110 Å². The standard InChI is InChI=1S/C15H25NS/c1-3-5-9-12-17-13-15(16-4-2)14-10-7-6-8-11-14/h6-8,10-11,15-16H,3-5,9,12-13H2,1-2H3.